The van der Waals surface area contributed by atoms with E-state index in [0.29, 0.717) is 24.0 Å². The zero-order valence-corrected chi connectivity index (χ0v) is 10.8. The van der Waals surface area contributed by atoms with E-state index in [0.717, 1.165) is 12.1 Å². The second-order valence-corrected chi connectivity index (χ2v) is 6.18. The van der Waals surface area contributed by atoms with Crippen molar-refractivity contribution in [3.63, 3.8) is 0 Å². The van der Waals surface area contributed by atoms with Gasteiger partial charge in [-0.25, -0.2) is 13.1 Å². The van der Waals surface area contributed by atoms with Crippen LogP contribution in [0.2, 0.25) is 0 Å². The molecule has 6 heteroatoms. The van der Waals surface area contributed by atoms with Gasteiger partial charge in [0, 0.05) is 31.0 Å². The number of aromatic amines is 1. The second kappa shape index (κ2) is 5.20. The molecule has 3 N–H and O–H groups in total. The maximum absolute atomic E-state index is 11.8. The minimum Gasteiger partial charge on any atom is -0.363 e. The Bertz CT molecular complexity index is 463. The molecule has 0 radical (unpaired) electrons. The van der Waals surface area contributed by atoms with Gasteiger partial charge in [0.15, 0.2) is 0 Å². The fourth-order valence-corrected chi connectivity index (χ4v) is 2.69. The van der Waals surface area contributed by atoms with Crippen molar-refractivity contribution in [2.45, 2.75) is 43.7 Å². The van der Waals surface area contributed by atoms with E-state index in [1.807, 2.05) is 6.92 Å². The van der Waals surface area contributed by atoms with Crippen LogP contribution in [0.25, 0.3) is 0 Å². The van der Waals surface area contributed by atoms with Crippen LogP contribution < -0.4 is 10.0 Å². The topological polar surface area (TPSA) is 74.0 Å². The van der Waals surface area contributed by atoms with Crippen LogP contribution in [0.5, 0.6) is 0 Å². The van der Waals surface area contributed by atoms with E-state index in [2.05, 4.69) is 15.0 Å². The van der Waals surface area contributed by atoms with E-state index in [-0.39, 0.29) is 0 Å². The summed E-state index contributed by atoms with van der Waals surface area (Å²) in [6.45, 7) is 3.11. The molecule has 17 heavy (non-hydrogen) atoms. The Morgan fingerprint density at radius 1 is 1.47 bits per heavy atom. The summed E-state index contributed by atoms with van der Waals surface area (Å²) in [4.78, 5) is 3.31. The quantitative estimate of drug-likeness (QED) is 0.681. The Morgan fingerprint density at radius 2 is 2.24 bits per heavy atom. The molecule has 1 aromatic heterocycles. The Kier molecular flexibility index (Phi) is 3.86. The van der Waals surface area contributed by atoms with Crippen LogP contribution in [-0.4, -0.2) is 26.0 Å². The van der Waals surface area contributed by atoms with E-state index < -0.39 is 10.0 Å². The molecule has 1 fully saturated rings. The average molecular weight is 257 g/mol. The molecule has 0 unspecified atom stereocenters. The molecule has 2 rings (SSSR count). The molecule has 5 nitrogen and oxygen atoms in total. The van der Waals surface area contributed by atoms with E-state index >= 15 is 0 Å². The minimum atomic E-state index is -3.33. The third-order valence-corrected chi connectivity index (χ3v) is 4.17. The molecule has 0 aliphatic heterocycles. The van der Waals surface area contributed by atoms with Crippen LogP contribution in [-0.2, 0) is 16.6 Å². The largest absolute Gasteiger partial charge is 0.363 e. The monoisotopic (exact) mass is 257 g/mol. The standard InChI is InChI=1S/C11H19N3O2S/c1-2-5-14-17(15,16)11-6-10(13-8-11)7-12-9-3-4-9/h6,8-9,12-14H,2-5,7H2,1H3. The molecule has 96 valence electrons. The molecular formula is C11H19N3O2S. The van der Waals surface area contributed by atoms with E-state index in [9.17, 15) is 8.42 Å². The molecule has 1 aliphatic carbocycles. The molecule has 0 saturated heterocycles. The van der Waals surface area contributed by atoms with Crippen molar-refractivity contribution in [2.24, 2.45) is 0 Å². The third kappa shape index (κ3) is 3.55. The first-order valence-corrected chi connectivity index (χ1v) is 7.50. The lowest BCUT2D eigenvalue weighted by Gasteiger charge is -2.02. The van der Waals surface area contributed by atoms with Gasteiger partial charge in [0.2, 0.25) is 10.0 Å². The van der Waals surface area contributed by atoms with E-state index in [1.165, 1.54) is 12.8 Å². The van der Waals surface area contributed by atoms with Crippen LogP contribution in [0.1, 0.15) is 31.9 Å². The summed E-state index contributed by atoms with van der Waals surface area (Å²) >= 11 is 0. The van der Waals surface area contributed by atoms with Gasteiger partial charge in [0.25, 0.3) is 0 Å². The Hall–Kier alpha value is -0.850. The van der Waals surface area contributed by atoms with Gasteiger partial charge in [-0.05, 0) is 25.3 Å². The Morgan fingerprint density at radius 3 is 2.88 bits per heavy atom. The number of aromatic nitrogens is 1. The lowest BCUT2D eigenvalue weighted by molar-refractivity contribution is 0.581. The van der Waals surface area contributed by atoms with Crippen molar-refractivity contribution in [1.29, 1.82) is 0 Å². The zero-order chi connectivity index (χ0) is 12.3. The number of hydrogen-bond donors (Lipinski definition) is 3. The first-order chi connectivity index (χ1) is 8.12. The maximum Gasteiger partial charge on any atom is 0.242 e. The number of rotatable bonds is 7. The molecule has 1 aliphatic rings. The Balaban J connectivity index is 1.95. The molecule has 0 amide bonds. The summed E-state index contributed by atoms with van der Waals surface area (Å²) in [7, 11) is -3.33. The van der Waals surface area contributed by atoms with Crippen LogP contribution in [0.3, 0.4) is 0 Å². The number of sulfonamides is 1. The maximum atomic E-state index is 11.8. The van der Waals surface area contributed by atoms with Gasteiger partial charge in [-0.3, -0.25) is 0 Å². The molecule has 1 saturated carbocycles. The van der Waals surface area contributed by atoms with Crippen molar-refractivity contribution in [3.8, 4) is 0 Å². The van der Waals surface area contributed by atoms with Crippen LogP contribution in [0.15, 0.2) is 17.2 Å². The average Bonchev–Trinajstić information content (AvgIpc) is 3.00. The molecule has 0 spiro atoms. The first-order valence-electron chi connectivity index (χ1n) is 6.02. The van der Waals surface area contributed by atoms with Gasteiger partial charge in [-0.15, -0.1) is 0 Å². The molecule has 1 heterocycles. The molecule has 0 atom stereocenters. The number of hydrogen-bond acceptors (Lipinski definition) is 3. The van der Waals surface area contributed by atoms with Crippen LogP contribution in [0, 0.1) is 0 Å². The zero-order valence-electron chi connectivity index (χ0n) is 9.99. The Labute approximate surface area is 102 Å². The van der Waals surface area contributed by atoms with Crippen molar-refractivity contribution in [1.82, 2.24) is 15.0 Å². The number of nitrogens with one attached hydrogen (secondary N) is 3. The van der Waals surface area contributed by atoms with Crippen molar-refractivity contribution in [3.05, 3.63) is 18.0 Å². The second-order valence-electron chi connectivity index (χ2n) is 4.41. The normalized spacial score (nSPS) is 16.3. The van der Waals surface area contributed by atoms with Gasteiger partial charge >= 0.3 is 0 Å². The highest BCUT2D eigenvalue weighted by atomic mass is 32.2. The highest BCUT2D eigenvalue weighted by Gasteiger charge is 2.21. The minimum absolute atomic E-state index is 0.318. The highest BCUT2D eigenvalue weighted by molar-refractivity contribution is 7.89. The first kappa shape index (κ1) is 12.6. The van der Waals surface area contributed by atoms with E-state index in [1.54, 1.807) is 12.3 Å². The van der Waals surface area contributed by atoms with E-state index in [4.69, 9.17) is 0 Å². The van der Waals surface area contributed by atoms with Crippen LogP contribution in [0.4, 0.5) is 0 Å². The highest BCUT2D eigenvalue weighted by Crippen LogP contribution is 2.19. The van der Waals surface area contributed by atoms with Crippen LogP contribution >= 0.6 is 0 Å². The van der Waals surface area contributed by atoms with Crippen molar-refractivity contribution in [2.75, 3.05) is 6.54 Å². The van der Waals surface area contributed by atoms with Gasteiger partial charge in [-0.1, -0.05) is 6.92 Å². The summed E-state index contributed by atoms with van der Waals surface area (Å²) in [5.41, 5.74) is 0.911. The predicted molar refractivity (Wildman–Crippen MR) is 66.1 cm³/mol. The summed E-state index contributed by atoms with van der Waals surface area (Å²) in [6, 6.07) is 2.31. The van der Waals surface area contributed by atoms with Gasteiger partial charge < -0.3 is 10.3 Å². The molecule has 1 aromatic rings. The molecule has 0 bridgehead atoms. The predicted octanol–water partition coefficient (Wildman–Crippen LogP) is 0.955. The van der Waals surface area contributed by atoms with Gasteiger partial charge in [0.05, 0.1) is 4.90 Å². The SMILES string of the molecule is CCCNS(=O)(=O)c1c[nH]c(CNC2CC2)c1. The smallest absolute Gasteiger partial charge is 0.242 e. The molecular weight excluding hydrogens is 238 g/mol. The third-order valence-electron chi connectivity index (χ3n) is 2.73. The fraction of sp³-hybridized carbons (Fsp3) is 0.636. The molecule has 0 aromatic carbocycles. The van der Waals surface area contributed by atoms with Crippen molar-refractivity contribution >= 4 is 10.0 Å². The number of H-pyrrole nitrogens is 1. The summed E-state index contributed by atoms with van der Waals surface area (Å²) < 4.78 is 26.2. The summed E-state index contributed by atoms with van der Waals surface area (Å²) in [5.74, 6) is 0. The van der Waals surface area contributed by atoms with Crippen molar-refractivity contribution < 1.29 is 8.42 Å². The van der Waals surface area contributed by atoms with Gasteiger partial charge in [-0.2, -0.15) is 0 Å². The fourth-order valence-electron chi connectivity index (χ4n) is 1.54. The lowest BCUT2D eigenvalue weighted by Crippen LogP contribution is -2.23. The summed E-state index contributed by atoms with van der Waals surface area (Å²) in [5, 5.41) is 3.33. The van der Waals surface area contributed by atoms with Gasteiger partial charge in [0.1, 0.15) is 0 Å². The lowest BCUT2D eigenvalue weighted by atomic mass is 10.4. The summed E-state index contributed by atoms with van der Waals surface area (Å²) in [6.07, 6.45) is 4.79.